The van der Waals surface area contributed by atoms with Crippen molar-refractivity contribution in [2.24, 2.45) is 0 Å². The second-order valence-corrected chi connectivity index (χ2v) is 10.9. The first-order valence-corrected chi connectivity index (χ1v) is 13.9. The summed E-state index contributed by atoms with van der Waals surface area (Å²) in [6, 6.07) is 28.1. The molecule has 0 saturated carbocycles. The van der Waals surface area contributed by atoms with Crippen LogP contribution in [0.5, 0.6) is 11.5 Å². The number of imide groups is 1. The molecule has 0 radical (unpaired) electrons. The van der Waals surface area contributed by atoms with Crippen molar-refractivity contribution in [2.45, 2.75) is 33.3 Å². The summed E-state index contributed by atoms with van der Waals surface area (Å²) in [5.41, 5.74) is 4.01. The molecule has 2 amide bonds. The summed E-state index contributed by atoms with van der Waals surface area (Å²) < 4.78 is 12.2. The number of rotatable bonds is 9. The van der Waals surface area contributed by atoms with Crippen LogP contribution in [0.25, 0.3) is 16.8 Å². The molecule has 5 rings (SSSR count). The Labute approximate surface area is 233 Å². The van der Waals surface area contributed by atoms with E-state index in [1.54, 1.807) is 6.08 Å². The second-order valence-electron chi connectivity index (χ2n) is 9.89. The highest BCUT2D eigenvalue weighted by molar-refractivity contribution is 8.18. The van der Waals surface area contributed by atoms with Crippen molar-refractivity contribution in [3.05, 3.63) is 112 Å². The number of amides is 2. The molecule has 1 fully saturated rings. The number of carbonyl (C=O) groups excluding carboxylic acids is 2. The molecule has 6 heteroatoms. The Morgan fingerprint density at radius 1 is 0.846 bits per heavy atom. The molecule has 0 aliphatic carbocycles. The fourth-order valence-electron chi connectivity index (χ4n) is 4.55. The third kappa shape index (κ3) is 6.18. The van der Waals surface area contributed by atoms with Gasteiger partial charge >= 0.3 is 0 Å². The van der Waals surface area contributed by atoms with Crippen molar-refractivity contribution in [1.82, 2.24) is 4.90 Å². The molecule has 0 bridgehead atoms. The first-order chi connectivity index (χ1) is 18.9. The van der Waals surface area contributed by atoms with Gasteiger partial charge in [-0.2, -0.15) is 0 Å². The SMILES string of the molecule is Cc1ccc(C(C)C)c(OCCN2C(=O)S/C(=C\c3ccccc3OCc3ccc4ccccc4c3)C2=O)c1. The normalized spacial score (nSPS) is 14.6. The Kier molecular flexibility index (Phi) is 8.03. The predicted octanol–water partition coefficient (Wildman–Crippen LogP) is 7.97. The van der Waals surface area contributed by atoms with E-state index in [-0.39, 0.29) is 24.3 Å². The molecule has 198 valence electrons. The van der Waals surface area contributed by atoms with Crippen molar-refractivity contribution < 1.29 is 19.1 Å². The largest absolute Gasteiger partial charge is 0.491 e. The van der Waals surface area contributed by atoms with E-state index >= 15 is 0 Å². The van der Waals surface area contributed by atoms with Gasteiger partial charge < -0.3 is 9.47 Å². The standard InChI is InChI=1S/C33H31NO4S/c1-22(2)28-15-12-23(3)18-30(28)37-17-16-34-32(35)31(39-33(34)36)20-27-10-6-7-11-29(27)38-21-24-13-14-25-8-4-5-9-26(25)19-24/h4-15,18-20,22H,16-17,21H2,1-3H3/b31-20-. The monoisotopic (exact) mass is 537 g/mol. The van der Waals surface area contributed by atoms with E-state index in [1.165, 1.54) is 10.3 Å². The summed E-state index contributed by atoms with van der Waals surface area (Å²) in [4.78, 5) is 27.5. The average Bonchev–Trinajstić information content (AvgIpc) is 3.19. The summed E-state index contributed by atoms with van der Waals surface area (Å²) in [7, 11) is 0. The Morgan fingerprint density at radius 2 is 1.62 bits per heavy atom. The summed E-state index contributed by atoms with van der Waals surface area (Å²) in [5, 5.41) is 2.05. The van der Waals surface area contributed by atoms with E-state index in [1.807, 2.05) is 49.4 Å². The van der Waals surface area contributed by atoms with Gasteiger partial charge in [0, 0.05) is 5.56 Å². The smallest absolute Gasteiger partial charge is 0.293 e. The first kappa shape index (κ1) is 26.6. The molecule has 0 atom stereocenters. The third-order valence-corrected chi connectivity index (χ3v) is 7.56. The van der Waals surface area contributed by atoms with Gasteiger partial charge in [0.2, 0.25) is 0 Å². The first-order valence-electron chi connectivity index (χ1n) is 13.1. The van der Waals surface area contributed by atoms with Crippen LogP contribution in [0.4, 0.5) is 4.79 Å². The van der Waals surface area contributed by atoms with Gasteiger partial charge in [0.15, 0.2) is 0 Å². The number of aryl methyl sites for hydroxylation is 1. The fraction of sp³-hybridized carbons (Fsp3) is 0.212. The van der Waals surface area contributed by atoms with E-state index in [0.29, 0.717) is 23.2 Å². The van der Waals surface area contributed by atoms with E-state index in [2.05, 4.69) is 56.3 Å². The zero-order valence-corrected chi connectivity index (χ0v) is 23.2. The van der Waals surface area contributed by atoms with Crippen LogP contribution in [0, 0.1) is 6.92 Å². The summed E-state index contributed by atoms with van der Waals surface area (Å²) in [6.45, 7) is 7.06. The van der Waals surface area contributed by atoms with Crippen molar-refractivity contribution in [1.29, 1.82) is 0 Å². The molecule has 0 aromatic heterocycles. The molecule has 1 heterocycles. The molecule has 1 aliphatic heterocycles. The van der Waals surface area contributed by atoms with Gasteiger partial charge in [-0.05, 0) is 76.3 Å². The topological polar surface area (TPSA) is 55.8 Å². The summed E-state index contributed by atoms with van der Waals surface area (Å²) in [6.07, 6.45) is 1.74. The fourth-order valence-corrected chi connectivity index (χ4v) is 5.40. The number of benzene rings is 4. The Morgan fingerprint density at radius 3 is 2.44 bits per heavy atom. The van der Waals surface area contributed by atoms with Crippen LogP contribution in [0.3, 0.4) is 0 Å². The highest BCUT2D eigenvalue weighted by Gasteiger charge is 2.35. The third-order valence-electron chi connectivity index (χ3n) is 6.65. The molecule has 0 unspecified atom stereocenters. The van der Waals surface area contributed by atoms with Crippen LogP contribution >= 0.6 is 11.8 Å². The molecule has 5 nitrogen and oxygen atoms in total. The van der Waals surface area contributed by atoms with Gasteiger partial charge in [-0.25, -0.2) is 0 Å². The molecular weight excluding hydrogens is 506 g/mol. The summed E-state index contributed by atoms with van der Waals surface area (Å²) in [5.74, 6) is 1.45. The van der Waals surface area contributed by atoms with Crippen LogP contribution in [0.2, 0.25) is 0 Å². The van der Waals surface area contributed by atoms with Crippen LogP contribution in [-0.4, -0.2) is 29.2 Å². The van der Waals surface area contributed by atoms with Gasteiger partial charge in [0.1, 0.15) is 24.7 Å². The molecule has 0 N–H and O–H groups in total. The Balaban J connectivity index is 1.25. The zero-order valence-electron chi connectivity index (χ0n) is 22.3. The summed E-state index contributed by atoms with van der Waals surface area (Å²) >= 11 is 0.945. The van der Waals surface area contributed by atoms with Gasteiger partial charge in [-0.15, -0.1) is 0 Å². The van der Waals surface area contributed by atoms with Gasteiger partial charge in [0.05, 0.1) is 11.4 Å². The number of fused-ring (bicyclic) bond motifs is 1. The minimum absolute atomic E-state index is 0.188. The van der Waals surface area contributed by atoms with Gasteiger partial charge in [-0.3, -0.25) is 14.5 Å². The molecular formula is C33H31NO4S. The highest BCUT2D eigenvalue weighted by atomic mass is 32.2. The Hall–Kier alpha value is -4.03. The van der Waals surface area contributed by atoms with E-state index in [4.69, 9.17) is 9.47 Å². The lowest BCUT2D eigenvalue weighted by Gasteiger charge is -2.17. The van der Waals surface area contributed by atoms with E-state index in [0.717, 1.165) is 45.2 Å². The van der Waals surface area contributed by atoms with Crippen molar-refractivity contribution in [2.75, 3.05) is 13.2 Å². The number of carbonyl (C=O) groups is 2. The molecule has 0 spiro atoms. The van der Waals surface area contributed by atoms with E-state index in [9.17, 15) is 9.59 Å². The van der Waals surface area contributed by atoms with Gasteiger partial charge in [0.25, 0.3) is 11.1 Å². The minimum atomic E-state index is -0.314. The van der Waals surface area contributed by atoms with Crippen LogP contribution in [-0.2, 0) is 11.4 Å². The molecule has 1 saturated heterocycles. The molecule has 4 aromatic carbocycles. The lowest BCUT2D eigenvalue weighted by molar-refractivity contribution is -0.123. The molecule has 1 aliphatic rings. The number of hydrogen-bond acceptors (Lipinski definition) is 5. The minimum Gasteiger partial charge on any atom is -0.491 e. The van der Waals surface area contributed by atoms with Crippen LogP contribution in [0.15, 0.2) is 89.8 Å². The van der Waals surface area contributed by atoms with Gasteiger partial charge in [-0.1, -0.05) is 80.6 Å². The maximum Gasteiger partial charge on any atom is 0.293 e. The number of para-hydroxylation sites is 1. The lowest BCUT2D eigenvalue weighted by Crippen LogP contribution is -2.32. The average molecular weight is 538 g/mol. The van der Waals surface area contributed by atoms with Crippen molar-refractivity contribution in [3.8, 4) is 11.5 Å². The van der Waals surface area contributed by atoms with Crippen molar-refractivity contribution >= 4 is 39.8 Å². The lowest BCUT2D eigenvalue weighted by atomic mass is 10.0. The molecule has 4 aromatic rings. The number of thioether (sulfide) groups is 1. The second kappa shape index (κ2) is 11.8. The molecule has 39 heavy (non-hydrogen) atoms. The highest BCUT2D eigenvalue weighted by Crippen LogP contribution is 2.34. The Bertz CT molecular complexity index is 1560. The van der Waals surface area contributed by atoms with E-state index < -0.39 is 0 Å². The maximum absolute atomic E-state index is 13.1. The quantitative estimate of drug-likeness (QED) is 0.203. The zero-order chi connectivity index (χ0) is 27.4. The van der Waals surface area contributed by atoms with Crippen molar-refractivity contribution in [3.63, 3.8) is 0 Å². The number of ether oxygens (including phenoxy) is 2. The van der Waals surface area contributed by atoms with Crippen LogP contribution in [0.1, 0.15) is 42.0 Å². The number of nitrogens with zero attached hydrogens (tertiary/aromatic N) is 1. The maximum atomic E-state index is 13.1. The van der Waals surface area contributed by atoms with Crippen LogP contribution < -0.4 is 9.47 Å². The predicted molar refractivity (Wildman–Crippen MR) is 158 cm³/mol. The number of hydrogen-bond donors (Lipinski definition) is 0.